The molecule has 0 spiro atoms. The maximum Gasteiger partial charge on any atom is 0.303 e. The lowest BCUT2D eigenvalue weighted by atomic mass is 10.0. The zero-order valence-electron chi connectivity index (χ0n) is 11.2. The minimum absolute atomic E-state index is 0.00941. The van der Waals surface area contributed by atoms with Crippen molar-refractivity contribution in [2.75, 3.05) is 5.32 Å². The summed E-state index contributed by atoms with van der Waals surface area (Å²) in [6.45, 7) is 1.75. The number of carboxylic acid groups (broad SMARTS) is 1. The van der Waals surface area contributed by atoms with Crippen molar-refractivity contribution in [2.45, 2.75) is 19.8 Å². The third kappa shape index (κ3) is 3.54. The van der Waals surface area contributed by atoms with Crippen molar-refractivity contribution >= 4 is 28.3 Å². The summed E-state index contributed by atoms with van der Waals surface area (Å²) in [4.78, 5) is 26.6. The van der Waals surface area contributed by atoms with Gasteiger partial charge in [-0.1, -0.05) is 19.1 Å². The molecule has 1 heterocycles. The molecule has 1 amide bonds. The second-order valence-electron chi connectivity index (χ2n) is 4.86. The molecule has 0 aliphatic carbocycles. The number of hydrogen-bond acceptors (Lipinski definition) is 3. The van der Waals surface area contributed by atoms with Crippen LogP contribution in [0.1, 0.15) is 19.8 Å². The maximum absolute atomic E-state index is 11.9. The van der Waals surface area contributed by atoms with E-state index in [4.69, 9.17) is 5.11 Å². The van der Waals surface area contributed by atoms with Crippen molar-refractivity contribution in [2.24, 2.45) is 5.92 Å². The van der Waals surface area contributed by atoms with Crippen LogP contribution in [0.25, 0.3) is 10.8 Å². The Morgan fingerprint density at radius 2 is 2.10 bits per heavy atom. The van der Waals surface area contributed by atoms with Gasteiger partial charge in [-0.05, 0) is 23.4 Å². The van der Waals surface area contributed by atoms with Crippen molar-refractivity contribution in [3.63, 3.8) is 0 Å². The molecular formula is C15H16N2O3. The van der Waals surface area contributed by atoms with Crippen molar-refractivity contribution in [1.29, 1.82) is 0 Å². The lowest BCUT2D eigenvalue weighted by Crippen LogP contribution is -2.17. The number of nitrogens with one attached hydrogen (secondary N) is 1. The smallest absolute Gasteiger partial charge is 0.303 e. The monoisotopic (exact) mass is 272 g/mol. The number of nitrogens with zero attached hydrogens (tertiary/aromatic N) is 1. The number of carbonyl (C=O) groups is 2. The summed E-state index contributed by atoms with van der Waals surface area (Å²) in [6.07, 6.45) is 3.57. The lowest BCUT2D eigenvalue weighted by Gasteiger charge is -2.11. The van der Waals surface area contributed by atoms with Gasteiger partial charge < -0.3 is 10.4 Å². The second-order valence-corrected chi connectivity index (χ2v) is 4.86. The SMILES string of the molecule is CC(CC(=O)O)CC(=O)Nc1cccc2ccncc12. The number of anilines is 1. The average molecular weight is 272 g/mol. The van der Waals surface area contributed by atoms with Crippen molar-refractivity contribution in [3.05, 3.63) is 36.7 Å². The van der Waals surface area contributed by atoms with Gasteiger partial charge in [-0.3, -0.25) is 14.6 Å². The molecule has 5 heteroatoms. The molecule has 20 heavy (non-hydrogen) atoms. The van der Waals surface area contributed by atoms with Crippen molar-refractivity contribution in [3.8, 4) is 0 Å². The number of carbonyl (C=O) groups excluding carboxylic acids is 1. The summed E-state index contributed by atoms with van der Waals surface area (Å²) in [6, 6.07) is 7.49. The predicted molar refractivity (Wildman–Crippen MR) is 76.4 cm³/mol. The van der Waals surface area contributed by atoms with E-state index in [1.54, 1.807) is 19.3 Å². The summed E-state index contributed by atoms with van der Waals surface area (Å²) in [7, 11) is 0. The molecule has 5 nitrogen and oxygen atoms in total. The fraction of sp³-hybridized carbons (Fsp3) is 0.267. The molecular weight excluding hydrogens is 256 g/mol. The first-order valence-electron chi connectivity index (χ1n) is 6.40. The number of benzene rings is 1. The van der Waals surface area contributed by atoms with Gasteiger partial charge in [0.1, 0.15) is 0 Å². The number of carboxylic acids is 1. The fourth-order valence-electron chi connectivity index (χ4n) is 2.11. The molecule has 0 fully saturated rings. The Bertz CT molecular complexity index is 635. The predicted octanol–water partition coefficient (Wildman–Crippen LogP) is 2.67. The standard InChI is InChI=1S/C15H16N2O3/c1-10(8-15(19)20)7-14(18)17-13-4-2-3-11-5-6-16-9-12(11)13/h2-6,9-10H,7-8H2,1H3,(H,17,18)(H,19,20). The number of rotatable bonds is 5. The van der Waals surface area contributed by atoms with Crippen LogP contribution in [0.15, 0.2) is 36.7 Å². The number of pyridine rings is 1. The second kappa shape index (κ2) is 6.14. The summed E-state index contributed by atoms with van der Waals surface area (Å²) in [5, 5.41) is 13.4. The van der Waals surface area contributed by atoms with Crippen molar-refractivity contribution in [1.82, 2.24) is 4.98 Å². The molecule has 0 aliphatic heterocycles. The van der Waals surface area contributed by atoms with Gasteiger partial charge in [0.25, 0.3) is 0 Å². The van der Waals surface area contributed by atoms with E-state index in [9.17, 15) is 9.59 Å². The normalized spacial score (nSPS) is 12.1. The van der Waals surface area contributed by atoms with Crippen LogP contribution < -0.4 is 5.32 Å². The molecule has 1 atom stereocenters. The summed E-state index contributed by atoms with van der Waals surface area (Å²) in [5.41, 5.74) is 0.697. The van der Waals surface area contributed by atoms with E-state index >= 15 is 0 Å². The van der Waals surface area contributed by atoms with Gasteiger partial charge in [-0.25, -0.2) is 0 Å². The molecule has 1 unspecified atom stereocenters. The third-order valence-electron chi connectivity index (χ3n) is 3.01. The highest BCUT2D eigenvalue weighted by molar-refractivity contribution is 6.01. The van der Waals surface area contributed by atoms with Gasteiger partial charge in [0.15, 0.2) is 0 Å². The highest BCUT2D eigenvalue weighted by Crippen LogP contribution is 2.22. The molecule has 1 aromatic heterocycles. The topological polar surface area (TPSA) is 79.3 Å². The van der Waals surface area contributed by atoms with Crippen LogP contribution in [0.3, 0.4) is 0 Å². The van der Waals surface area contributed by atoms with E-state index < -0.39 is 5.97 Å². The average Bonchev–Trinajstić information content (AvgIpc) is 2.38. The fourth-order valence-corrected chi connectivity index (χ4v) is 2.11. The van der Waals surface area contributed by atoms with Crippen molar-refractivity contribution < 1.29 is 14.7 Å². The number of aliphatic carboxylic acids is 1. The Hall–Kier alpha value is -2.43. The van der Waals surface area contributed by atoms with E-state index in [1.807, 2.05) is 24.3 Å². The van der Waals surface area contributed by atoms with Gasteiger partial charge in [0.2, 0.25) is 5.91 Å². The minimum atomic E-state index is -0.889. The Morgan fingerprint density at radius 1 is 1.30 bits per heavy atom. The van der Waals surface area contributed by atoms with Crippen LogP contribution in [0.2, 0.25) is 0 Å². The van der Waals surface area contributed by atoms with Gasteiger partial charge in [-0.2, -0.15) is 0 Å². The summed E-state index contributed by atoms with van der Waals surface area (Å²) in [5.74, 6) is -1.27. The number of amides is 1. The molecule has 2 rings (SSSR count). The van der Waals surface area contributed by atoms with E-state index in [1.165, 1.54) is 0 Å². The van der Waals surface area contributed by atoms with Crippen LogP contribution in [0.5, 0.6) is 0 Å². The van der Waals surface area contributed by atoms with Crippen LogP contribution in [-0.2, 0) is 9.59 Å². The highest BCUT2D eigenvalue weighted by atomic mass is 16.4. The Balaban J connectivity index is 2.08. The largest absolute Gasteiger partial charge is 0.481 e. The van der Waals surface area contributed by atoms with Crippen LogP contribution in [0, 0.1) is 5.92 Å². The molecule has 2 aromatic rings. The van der Waals surface area contributed by atoms with Crippen LogP contribution >= 0.6 is 0 Å². The van der Waals surface area contributed by atoms with Crippen LogP contribution in [0.4, 0.5) is 5.69 Å². The molecule has 0 aliphatic rings. The number of aromatic nitrogens is 1. The van der Waals surface area contributed by atoms with Crippen LogP contribution in [-0.4, -0.2) is 22.0 Å². The first kappa shape index (κ1) is 14.0. The zero-order chi connectivity index (χ0) is 14.5. The zero-order valence-corrected chi connectivity index (χ0v) is 11.2. The van der Waals surface area contributed by atoms with E-state index in [0.29, 0.717) is 5.69 Å². The van der Waals surface area contributed by atoms with E-state index in [2.05, 4.69) is 10.3 Å². The molecule has 1 aromatic carbocycles. The molecule has 0 bridgehead atoms. The molecule has 2 N–H and O–H groups in total. The van der Waals surface area contributed by atoms with Gasteiger partial charge in [-0.15, -0.1) is 0 Å². The number of fused-ring (bicyclic) bond motifs is 1. The Kier molecular flexibility index (Phi) is 4.30. The first-order chi connectivity index (χ1) is 9.56. The van der Waals surface area contributed by atoms with E-state index in [-0.39, 0.29) is 24.7 Å². The molecule has 104 valence electrons. The first-order valence-corrected chi connectivity index (χ1v) is 6.40. The lowest BCUT2D eigenvalue weighted by molar-refractivity contribution is -0.138. The minimum Gasteiger partial charge on any atom is -0.481 e. The summed E-state index contributed by atoms with van der Waals surface area (Å²) < 4.78 is 0. The van der Waals surface area contributed by atoms with E-state index in [0.717, 1.165) is 10.8 Å². The Morgan fingerprint density at radius 3 is 2.85 bits per heavy atom. The van der Waals surface area contributed by atoms with Gasteiger partial charge in [0.05, 0.1) is 5.69 Å². The summed E-state index contributed by atoms with van der Waals surface area (Å²) >= 11 is 0. The Labute approximate surface area is 116 Å². The number of hydrogen-bond donors (Lipinski definition) is 2. The molecule has 0 saturated carbocycles. The van der Waals surface area contributed by atoms with Gasteiger partial charge in [0, 0.05) is 30.6 Å². The third-order valence-corrected chi connectivity index (χ3v) is 3.01. The van der Waals surface area contributed by atoms with Gasteiger partial charge >= 0.3 is 5.97 Å². The maximum atomic E-state index is 11.9. The highest BCUT2D eigenvalue weighted by Gasteiger charge is 2.13. The molecule has 0 saturated heterocycles. The quantitative estimate of drug-likeness (QED) is 0.877. The molecule has 0 radical (unpaired) electrons.